The normalized spacial score (nSPS) is 20.5. The van der Waals surface area contributed by atoms with Gasteiger partial charge < -0.3 is 9.47 Å². The lowest BCUT2D eigenvalue weighted by molar-refractivity contribution is -0.129. The van der Waals surface area contributed by atoms with Gasteiger partial charge in [-0.3, -0.25) is 4.79 Å². The number of amides is 1. The molecule has 3 rings (SSSR count). The first-order chi connectivity index (χ1) is 9.90. The van der Waals surface area contributed by atoms with Crippen molar-refractivity contribution in [3.8, 4) is 0 Å². The molecule has 0 bridgehead atoms. The van der Waals surface area contributed by atoms with Gasteiger partial charge in [-0.1, -0.05) is 0 Å². The molecule has 0 aliphatic carbocycles. The van der Waals surface area contributed by atoms with Crippen LogP contribution in [0.15, 0.2) is 12.1 Å². The molecule has 0 N–H and O–H groups in total. The Hall–Kier alpha value is -1.62. The minimum Gasteiger partial charge on any atom is -0.344 e. The van der Waals surface area contributed by atoms with Gasteiger partial charge in [-0.2, -0.15) is 0 Å². The number of aryl methyl sites for hydroxylation is 1. The number of rotatable bonds is 2. The van der Waals surface area contributed by atoms with E-state index < -0.39 is 0 Å². The number of halogens is 2. The minimum atomic E-state index is -0.348. The second-order valence-corrected chi connectivity index (χ2v) is 6.27. The van der Waals surface area contributed by atoms with Gasteiger partial charge in [0.1, 0.15) is 17.7 Å². The Labute approximate surface area is 127 Å². The van der Waals surface area contributed by atoms with Crippen LogP contribution < -0.4 is 0 Å². The Morgan fingerprint density at radius 2 is 2.19 bits per heavy atom. The van der Waals surface area contributed by atoms with Gasteiger partial charge in [-0.15, -0.1) is 11.6 Å². The first-order valence-corrected chi connectivity index (χ1v) is 7.41. The Bertz CT molecular complexity index is 725. The van der Waals surface area contributed by atoms with E-state index in [0.717, 1.165) is 5.52 Å². The zero-order valence-electron chi connectivity index (χ0n) is 12.2. The number of likely N-dealkylation sites (tertiary alicyclic amines) is 1. The highest BCUT2D eigenvalue weighted by atomic mass is 35.5. The fourth-order valence-electron chi connectivity index (χ4n) is 2.89. The number of alkyl halides is 1. The molecule has 0 radical (unpaired) electrons. The minimum absolute atomic E-state index is 0.0508. The van der Waals surface area contributed by atoms with Crippen LogP contribution in [-0.2, 0) is 4.79 Å². The average Bonchev–Trinajstić information content (AvgIpc) is 2.93. The molecule has 112 valence electrons. The van der Waals surface area contributed by atoms with Crippen LogP contribution in [0.5, 0.6) is 0 Å². The van der Waals surface area contributed by atoms with Crippen LogP contribution in [0.1, 0.15) is 36.2 Å². The fraction of sp³-hybridized carbons (Fsp3) is 0.467. The molecule has 0 saturated carbocycles. The Morgan fingerprint density at radius 3 is 2.76 bits per heavy atom. The zero-order valence-corrected chi connectivity index (χ0v) is 13.0. The monoisotopic (exact) mass is 309 g/mol. The van der Waals surface area contributed by atoms with Crippen molar-refractivity contribution in [3.63, 3.8) is 0 Å². The second kappa shape index (κ2) is 4.98. The fourth-order valence-corrected chi connectivity index (χ4v) is 3.04. The maximum Gasteiger partial charge on any atom is 0.245 e. The molecule has 2 heterocycles. The van der Waals surface area contributed by atoms with Gasteiger partial charge in [0.05, 0.1) is 16.4 Å². The molecule has 1 saturated heterocycles. The van der Waals surface area contributed by atoms with Crippen molar-refractivity contribution >= 4 is 28.5 Å². The molecule has 1 aliphatic heterocycles. The van der Waals surface area contributed by atoms with Gasteiger partial charge in [0.2, 0.25) is 5.91 Å². The van der Waals surface area contributed by atoms with E-state index in [1.165, 1.54) is 6.07 Å². The van der Waals surface area contributed by atoms with Crippen LogP contribution in [-0.4, -0.2) is 34.0 Å². The summed E-state index contributed by atoms with van der Waals surface area (Å²) in [6.45, 7) is 4.23. The summed E-state index contributed by atoms with van der Waals surface area (Å²) in [6, 6.07) is 2.85. The summed E-state index contributed by atoms with van der Waals surface area (Å²) in [6.07, 6.45) is 0.716. The van der Waals surface area contributed by atoms with E-state index in [-0.39, 0.29) is 23.1 Å². The first kappa shape index (κ1) is 14.3. The number of likely N-dealkylation sites (N-methyl/N-ethyl adjacent to an activating group) is 1. The number of aromatic nitrogens is 2. The SMILES string of the molecule is Cc1cc2c(cc1F)nc(C(C)Cl)n2C1CCN(C)C1=O. The summed E-state index contributed by atoms with van der Waals surface area (Å²) in [5.41, 5.74) is 1.85. The molecule has 1 aromatic heterocycles. The molecular weight excluding hydrogens is 293 g/mol. The van der Waals surface area contributed by atoms with E-state index in [9.17, 15) is 9.18 Å². The number of fused-ring (bicyclic) bond motifs is 1. The van der Waals surface area contributed by atoms with Crippen molar-refractivity contribution in [2.24, 2.45) is 0 Å². The number of carbonyl (C=O) groups excluding carboxylic acids is 1. The number of carbonyl (C=O) groups is 1. The van der Waals surface area contributed by atoms with Crippen LogP contribution in [0.2, 0.25) is 0 Å². The summed E-state index contributed by atoms with van der Waals surface area (Å²) in [5.74, 6) is 0.371. The van der Waals surface area contributed by atoms with Crippen LogP contribution >= 0.6 is 11.6 Å². The molecule has 1 amide bonds. The van der Waals surface area contributed by atoms with Crippen molar-refractivity contribution < 1.29 is 9.18 Å². The van der Waals surface area contributed by atoms with Crippen LogP contribution in [0.3, 0.4) is 0 Å². The van der Waals surface area contributed by atoms with Crippen LogP contribution in [0.25, 0.3) is 11.0 Å². The zero-order chi connectivity index (χ0) is 15.3. The Kier molecular flexibility index (Phi) is 3.40. The smallest absolute Gasteiger partial charge is 0.245 e. The van der Waals surface area contributed by atoms with Crippen LogP contribution in [0.4, 0.5) is 4.39 Å². The molecule has 2 atom stereocenters. The molecule has 4 nitrogen and oxygen atoms in total. The van der Waals surface area contributed by atoms with Gasteiger partial charge in [0.15, 0.2) is 0 Å². The standard InChI is InChI=1S/C15H17ClFN3O/c1-8-6-13-11(7-10(8)17)18-14(9(2)16)20(13)12-4-5-19(3)15(12)21/h6-7,9,12H,4-5H2,1-3H3. The van der Waals surface area contributed by atoms with E-state index >= 15 is 0 Å². The molecule has 21 heavy (non-hydrogen) atoms. The summed E-state index contributed by atoms with van der Waals surface area (Å²) >= 11 is 6.22. The number of hydrogen-bond donors (Lipinski definition) is 0. The second-order valence-electron chi connectivity index (χ2n) is 5.61. The maximum absolute atomic E-state index is 13.7. The molecule has 2 unspecified atom stereocenters. The third-order valence-electron chi connectivity index (χ3n) is 4.06. The van der Waals surface area contributed by atoms with E-state index in [1.807, 2.05) is 11.5 Å². The summed E-state index contributed by atoms with van der Waals surface area (Å²) in [4.78, 5) is 18.5. The summed E-state index contributed by atoms with van der Waals surface area (Å²) in [5, 5.41) is -0.348. The highest BCUT2D eigenvalue weighted by Crippen LogP contribution is 2.33. The largest absolute Gasteiger partial charge is 0.344 e. The number of nitrogens with zero attached hydrogens (tertiary/aromatic N) is 3. The lowest BCUT2D eigenvalue weighted by Gasteiger charge is -2.17. The lowest BCUT2D eigenvalue weighted by Crippen LogP contribution is -2.25. The molecule has 6 heteroatoms. The molecule has 1 aliphatic rings. The Balaban J connectivity index is 2.26. The van der Waals surface area contributed by atoms with Gasteiger partial charge in [0.25, 0.3) is 0 Å². The first-order valence-electron chi connectivity index (χ1n) is 6.97. The van der Waals surface area contributed by atoms with Crippen molar-refractivity contribution in [1.29, 1.82) is 0 Å². The Morgan fingerprint density at radius 1 is 1.48 bits per heavy atom. The van der Waals surface area contributed by atoms with E-state index in [1.54, 1.807) is 24.9 Å². The van der Waals surface area contributed by atoms with Crippen molar-refractivity contribution in [3.05, 3.63) is 29.3 Å². The van der Waals surface area contributed by atoms with Gasteiger partial charge in [-0.05, 0) is 31.9 Å². The van der Waals surface area contributed by atoms with E-state index in [0.29, 0.717) is 29.9 Å². The highest BCUT2D eigenvalue weighted by Gasteiger charge is 2.34. The van der Waals surface area contributed by atoms with Crippen molar-refractivity contribution in [1.82, 2.24) is 14.5 Å². The predicted octanol–water partition coefficient (Wildman–Crippen LogP) is 3.19. The molecule has 1 aromatic carbocycles. The van der Waals surface area contributed by atoms with Crippen molar-refractivity contribution in [2.45, 2.75) is 31.7 Å². The third kappa shape index (κ3) is 2.20. The number of benzene rings is 1. The van der Waals surface area contributed by atoms with Crippen LogP contribution in [0, 0.1) is 12.7 Å². The van der Waals surface area contributed by atoms with Gasteiger partial charge >= 0.3 is 0 Å². The van der Waals surface area contributed by atoms with Crippen molar-refractivity contribution in [2.75, 3.05) is 13.6 Å². The quantitative estimate of drug-likeness (QED) is 0.799. The highest BCUT2D eigenvalue weighted by molar-refractivity contribution is 6.20. The molecule has 1 fully saturated rings. The summed E-state index contributed by atoms with van der Waals surface area (Å²) < 4.78 is 15.6. The molecular formula is C15H17ClFN3O. The van der Waals surface area contributed by atoms with Gasteiger partial charge in [-0.25, -0.2) is 9.37 Å². The average molecular weight is 310 g/mol. The number of imidazole rings is 1. The van der Waals surface area contributed by atoms with Gasteiger partial charge in [0, 0.05) is 19.7 Å². The third-order valence-corrected chi connectivity index (χ3v) is 4.26. The molecule has 2 aromatic rings. The number of hydrogen-bond acceptors (Lipinski definition) is 2. The lowest BCUT2D eigenvalue weighted by atomic mass is 10.2. The van der Waals surface area contributed by atoms with E-state index in [4.69, 9.17) is 11.6 Å². The maximum atomic E-state index is 13.7. The van der Waals surface area contributed by atoms with E-state index in [2.05, 4.69) is 4.98 Å². The molecule has 0 spiro atoms. The topological polar surface area (TPSA) is 38.1 Å². The predicted molar refractivity (Wildman–Crippen MR) is 80.0 cm³/mol. The summed E-state index contributed by atoms with van der Waals surface area (Å²) in [7, 11) is 1.79.